The number of hydrogen-bond acceptors (Lipinski definition) is 2. The zero-order chi connectivity index (χ0) is 18.0. The Morgan fingerprint density at radius 3 is 2.68 bits per heavy atom. The van der Waals surface area contributed by atoms with Crippen molar-refractivity contribution in [1.82, 2.24) is 5.32 Å². The molecule has 0 aliphatic heterocycles. The molecule has 4 N–H and O–H groups in total. The molecule has 1 unspecified atom stereocenters. The first-order chi connectivity index (χ1) is 11.8. The van der Waals surface area contributed by atoms with Crippen molar-refractivity contribution in [2.75, 3.05) is 11.1 Å². The largest absolute Gasteiger partial charge is 0.418 e. The highest BCUT2D eigenvalue weighted by molar-refractivity contribution is 5.90. The quantitative estimate of drug-likeness (QED) is 0.700. The Morgan fingerprint density at radius 1 is 1.16 bits per heavy atom. The van der Waals surface area contributed by atoms with Crippen molar-refractivity contribution in [2.24, 2.45) is 0 Å². The minimum Gasteiger partial charge on any atom is -0.399 e. The number of fused-ring (bicyclic) bond motifs is 1. The number of rotatable bonds is 2. The number of alkyl halides is 3. The topological polar surface area (TPSA) is 67.1 Å². The van der Waals surface area contributed by atoms with Gasteiger partial charge in [-0.1, -0.05) is 18.2 Å². The molecule has 0 saturated carbocycles. The Hall–Kier alpha value is -2.70. The fraction of sp³-hybridized carbons (Fsp3) is 0.278. The van der Waals surface area contributed by atoms with Crippen molar-refractivity contribution in [3.8, 4) is 0 Å². The summed E-state index contributed by atoms with van der Waals surface area (Å²) in [6, 6.07) is 9.49. The molecule has 4 nitrogen and oxygen atoms in total. The Morgan fingerprint density at radius 2 is 1.92 bits per heavy atom. The van der Waals surface area contributed by atoms with Crippen LogP contribution in [0.25, 0.3) is 0 Å². The van der Waals surface area contributed by atoms with Gasteiger partial charge >= 0.3 is 12.2 Å². The van der Waals surface area contributed by atoms with Crippen LogP contribution in [0, 0.1) is 0 Å². The molecule has 0 radical (unpaired) electrons. The van der Waals surface area contributed by atoms with Gasteiger partial charge < -0.3 is 16.4 Å². The molecule has 0 aromatic heterocycles. The number of hydrogen-bond donors (Lipinski definition) is 3. The van der Waals surface area contributed by atoms with Crippen molar-refractivity contribution >= 4 is 17.4 Å². The van der Waals surface area contributed by atoms with E-state index in [-0.39, 0.29) is 11.7 Å². The molecule has 0 spiro atoms. The minimum absolute atomic E-state index is 0.248. The standard InChI is InChI=1S/C18H18F3N3O/c19-18(20,21)14-5-1-2-6-16(14)24-17(25)23-15-7-3-4-11-10-12(22)8-9-13(11)15/h1-2,5-6,8-10,15H,3-4,7,22H2,(H2,23,24,25). The predicted molar refractivity (Wildman–Crippen MR) is 90.1 cm³/mol. The van der Waals surface area contributed by atoms with E-state index in [4.69, 9.17) is 5.73 Å². The van der Waals surface area contributed by atoms with Crippen LogP contribution in [0.4, 0.5) is 29.3 Å². The lowest BCUT2D eigenvalue weighted by atomic mass is 9.87. The molecule has 2 amide bonds. The van der Waals surface area contributed by atoms with Gasteiger partial charge in [-0.15, -0.1) is 0 Å². The van der Waals surface area contributed by atoms with E-state index in [9.17, 15) is 18.0 Å². The van der Waals surface area contributed by atoms with Gasteiger partial charge in [-0.05, 0) is 54.7 Å². The summed E-state index contributed by atoms with van der Waals surface area (Å²) < 4.78 is 39.0. The van der Waals surface area contributed by atoms with Crippen LogP contribution in [0.3, 0.4) is 0 Å². The summed E-state index contributed by atoms with van der Waals surface area (Å²) in [5.74, 6) is 0. The first kappa shape index (κ1) is 17.1. The highest BCUT2D eigenvalue weighted by Gasteiger charge is 2.33. The van der Waals surface area contributed by atoms with Crippen LogP contribution in [0.5, 0.6) is 0 Å². The Labute approximate surface area is 143 Å². The van der Waals surface area contributed by atoms with E-state index in [0.717, 1.165) is 36.5 Å². The van der Waals surface area contributed by atoms with Crippen LogP contribution in [0.2, 0.25) is 0 Å². The summed E-state index contributed by atoms with van der Waals surface area (Å²) in [4.78, 5) is 12.2. The number of benzene rings is 2. The predicted octanol–water partition coefficient (Wildman–Crippen LogP) is 4.49. The summed E-state index contributed by atoms with van der Waals surface area (Å²) in [5.41, 5.74) is 7.32. The molecule has 0 saturated heterocycles. The molecule has 1 aliphatic rings. The van der Waals surface area contributed by atoms with E-state index in [1.54, 1.807) is 6.07 Å². The van der Waals surface area contributed by atoms with Crippen LogP contribution in [0.1, 0.15) is 35.6 Å². The maximum atomic E-state index is 13.0. The number of anilines is 2. The highest BCUT2D eigenvalue weighted by Crippen LogP contribution is 2.35. The summed E-state index contributed by atoms with van der Waals surface area (Å²) in [5, 5.41) is 5.08. The normalized spacial score (nSPS) is 16.8. The number of carbonyl (C=O) groups excluding carboxylic acids is 1. The van der Waals surface area contributed by atoms with Crippen molar-refractivity contribution in [1.29, 1.82) is 0 Å². The molecule has 25 heavy (non-hydrogen) atoms. The lowest BCUT2D eigenvalue weighted by molar-refractivity contribution is -0.136. The summed E-state index contributed by atoms with van der Waals surface area (Å²) in [6.45, 7) is 0. The van der Waals surface area contributed by atoms with Crippen molar-refractivity contribution in [3.05, 3.63) is 59.2 Å². The van der Waals surface area contributed by atoms with E-state index in [0.29, 0.717) is 5.69 Å². The zero-order valence-corrected chi connectivity index (χ0v) is 13.4. The van der Waals surface area contributed by atoms with E-state index >= 15 is 0 Å². The highest BCUT2D eigenvalue weighted by atomic mass is 19.4. The lowest BCUT2D eigenvalue weighted by Gasteiger charge is -2.27. The van der Waals surface area contributed by atoms with Gasteiger partial charge in [0.1, 0.15) is 0 Å². The first-order valence-electron chi connectivity index (χ1n) is 7.96. The number of urea groups is 1. The molecule has 1 atom stereocenters. The van der Waals surface area contributed by atoms with Gasteiger partial charge in [-0.3, -0.25) is 0 Å². The molecular formula is C18H18F3N3O. The number of nitrogens with one attached hydrogen (secondary N) is 2. The zero-order valence-electron chi connectivity index (χ0n) is 13.4. The summed E-state index contributed by atoms with van der Waals surface area (Å²) in [6.07, 6.45) is -2.05. The van der Waals surface area contributed by atoms with Gasteiger partial charge in [0.25, 0.3) is 0 Å². The Kier molecular flexibility index (Phi) is 4.57. The number of para-hydroxylation sites is 1. The third kappa shape index (κ3) is 3.87. The summed E-state index contributed by atoms with van der Waals surface area (Å²) in [7, 11) is 0. The fourth-order valence-corrected chi connectivity index (χ4v) is 3.14. The van der Waals surface area contributed by atoms with E-state index < -0.39 is 17.8 Å². The fourth-order valence-electron chi connectivity index (χ4n) is 3.14. The molecule has 2 aromatic rings. The van der Waals surface area contributed by atoms with Crippen molar-refractivity contribution in [3.63, 3.8) is 0 Å². The van der Waals surface area contributed by atoms with Crippen molar-refractivity contribution < 1.29 is 18.0 Å². The number of nitrogens with two attached hydrogens (primary N) is 1. The molecular weight excluding hydrogens is 331 g/mol. The lowest BCUT2D eigenvalue weighted by Crippen LogP contribution is -2.34. The number of amides is 2. The average molecular weight is 349 g/mol. The molecule has 0 heterocycles. The molecule has 1 aliphatic carbocycles. The third-order valence-corrected chi connectivity index (χ3v) is 4.27. The molecule has 2 aromatic carbocycles. The number of aryl methyl sites for hydroxylation is 1. The molecule has 7 heteroatoms. The average Bonchev–Trinajstić information content (AvgIpc) is 2.54. The maximum absolute atomic E-state index is 13.0. The number of carbonyl (C=O) groups is 1. The van der Waals surface area contributed by atoms with Gasteiger partial charge in [0.2, 0.25) is 0 Å². The van der Waals surface area contributed by atoms with Crippen LogP contribution >= 0.6 is 0 Å². The first-order valence-corrected chi connectivity index (χ1v) is 7.96. The Balaban J connectivity index is 1.75. The van der Waals surface area contributed by atoms with Crippen LogP contribution in [-0.2, 0) is 12.6 Å². The van der Waals surface area contributed by atoms with Gasteiger partial charge in [0, 0.05) is 5.69 Å². The molecule has 132 valence electrons. The number of halogens is 3. The van der Waals surface area contributed by atoms with E-state index in [1.165, 1.54) is 18.2 Å². The van der Waals surface area contributed by atoms with E-state index in [2.05, 4.69) is 10.6 Å². The summed E-state index contributed by atoms with van der Waals surface area (Å²) >= 11 is 0. The van der Waals surface area contributed by atoms with Crippen LogP contribution < -0.4 is 16.4 Å². The second-order valence-electron chi connectivity index (χ2n) is 6.04. The van der Waals surface area contributed by atoms with Gasteiger partial charge in [0.15, 0.2) is 0 Å². The van der Waals surface area contributed by atoms with E-state index in [1.807, 2.05) is 12.1 Å². The maximum Gasteiger partial charge on any atom is 0.418 e. The van der Waals surface area contributed by atoms with Gasteiger partial charge in [-0.25, -0.2) is 4.79 Å². The minimum atomic E-state index is -4.53. The second-order valence-corrected chi connectivity index (χ2v) is 6.04. The SMILES string of the molecule is Nc1ccc2c(c1)CCCC2NC(=O)Nc1ccccc1C(F)(F)F. The van der Waals surface area contributed by atoms with Crippen LogP contribution in [-0.4, -0.2) is 6.03 Å². The third-order valence-electron chi connectivity index (χ3n) is 4.27. The molecule has 0 fully saturated rings. The smallest absolute Gasteiger partial charge is 0.399 e. The molecule has 3 rings (SSSR count). The van der Waals surface area contributed by atoms with Crippen LogP contribution in [0.15, 0.2) is 42.5 Å². The monoisotopic (exact) mass is 349 g/mol. The number of nitrogen functional groups attached to an aromatic ring is 1. The van der Waals surface area contributed by atoms with Gasteiger partial charge in [-0.2, -0.15) is 13.2 Å². The Bertz CT molecular complexity index is 789. The molecule has 0 bridgehead atoms. The second kappa shape index (κ2) is 6.66. The van der Waals surface area contributed by atoms with Gasteiger partial charge in [0.05, 0.1) is 17.3 Å². The van der Waals surface area contributed by atoms with Crippen molar-refractivity contribution in [2.45, 2.75) is 31.5 Å².